The van der Waals surface area contributed by atoms with Gasteiger partial charge in [0.1, 0.15) is 0 Å². The molecule has 3 N–H and O–H groups in total. The molecule has 1 fully saturated rings. The van der Waals surface area contributed by atoms with Crippen molar-refractivity contribution in [3.63, 3.8) is 0 Å². The van der Waals surface area contributed by atoms with Gasteiger partial charge in [-0.15, -0.1) is 0 Å². The highest BCUT2D eigenvalue weighted by Crippen LogP contribution is 2.20. The van der Waals surface area contributed by atoms with Crippen LogP contribution in [-0.4, -0.2) is 18.5 Å². The van der Waals surface area contributed by atoms with Crippen molar-refractivity contribution in [3.8, 4) is 0 Å². The predicted octanol–water partition coefficient (Wildman–Crippen LogP) is 1.08. The van der Waals surface area contributed by atoms with Crippen LogP contribution in [0.5, 0.6) is 0 Å². The van der Waals surface area contributed by atoms with Gasteiger partial charge in [-0.25, -0.2) is 0 Å². The number of hydrogen-bond donors (Lipinski definition) is 2. The molecule has 1 amide bonds. The second-order valence-electron chi connectivity index (χ2n) is 4.49. The summed E-state index contributed by atoms with van der Waals surface area (Å²) in [5.41, 5.74) is 6.67. The SMILES string of the molecule is NC(=O)C1CC(Cc2ccccc2)CCN1. The molecule has 3 nitrogen and oxygen atoms in total. The van der Waals surface area contributed by atoms with Gasteiger partial charge in [-0.05, 0) is 37.3 Å². The Hall–Kier alpha value is -1.35. The minimum absolute atomic E-state index is 0.137. The number of carbonyl (C=O) groups is 1. The summed E-state index contributed by atoms with van der Waals surface area (Å²) in [6.07, 6.45) is 3.04. The molecule has 1 aromatic rings. The third-order valence-corrected chi connectivity index (χ3v) is 3.22. The first-order valence-electron chi connectivity index (χ1n) is 5.82. The monoisotopic (exact) mass is 218 g/mol. The average Bonchev–Trinajstić information content (AvgIpc) is 2.30. The Kier molecular flexibility index (Phi) is 3.57. The van der Waals surface area contributed by atoms with Crippen LogP contribution >= 0.6 is 0 Å². The van der Waals surface area contributed by atoms with Crippen LogP contribution in [0, 0.1) is 5.92 Å². The number of amides is 1. The molecular formula is C13H18N2O. The highest BCUT2D eigenvalue weighted by molar-refractivity contribution is 5.79. The number of rotatable bonds is 3. The van der Waals surface area contributed by atoms with Crippen molar-refractivity contribution in [1.29, 1.82) is 0 Å². The second kappa shape index (κ2) is 5.12. The molecule has 0 aromatic heterocycles. The Balaban J connectivity index is 1.93. The lowest BCUT2D eigenvalue weighted by Crippen LogP contribution is -2.47. The van der Waals surface area contributed by atoms with Crippen molar-refractivity contribution < 1.29 is 4.79 Å². The van der Waals surface area contributed by atoms with Crippen molar-refractivity contribution >= 4 is 5.91 Å². The lowest BCUT2D eigenvalue weighted by Gasteiger charge is -2.28. The summed E-state index contributed by atoms with van der Waals surface area (Å²) in [5.74, 6) is 0.346. The van der Waals surface area contributed by atoms with Crippen molar-refractivity contribution in [3.05, 3.63) is 35.9 Å². The van der Waals surface area contributed by atoms with E-state index in [1.54, 1.807) is 0 Å². The van der Waals surface area contributed by atoms with Crippen LogP contribution in [-0.2, 0) is 11.2 Å². The molecule has 2 rings (SSSR count). The number of nitrogens with two attached hydrogens (primary N) is 1. The smallest absolute Gasteiger partial charge is 0.234 e. The lowest BCUT2D eigenvalue weighted by atomic mass is 9.87. The summed E-state index contributed by atoms with van der Waals surface area (Å²) in [4.78, 5) is 11.1. The Morgan fingerprint density at radius 3 is 2.81 bits per heavy atom. The van der Waals surface area contributed by atoms with E-state index in [1.165, 1.54) is 5.56 Å². The van der Waals surface area contributed by atoms with Gasteiger partial charge < -0.3 is 11.1 Å². The molecule has 0 aliphatic carbocycles. The summed E-state index contributed by atoms with van der Waals surface area (Å²) >= 11 is 0. The molecular weight excluding hydrogens is 200 g/mol. The van der Waals surface area contributed by atoms with E-state index in [0.29, 0.717) is 5.92 Å². The van der Waals surface area contributed by atoms with Crippen LogP contribution in [0.2, 0.25) is 0 Å². The van der Waals surface area contributed by atoms with Crippen LogP contribution in [0.15, 0.2) is 30.3 Å². The number of piperidine rings is 1. The fraction of sp³-hybridized carbons (Fsp3) is 0.462. The van der Waals surface area contributed by atoms with E-state index in [1.807, 2.05) is 6.07 Å². The minimum atomic E-state index is -0.224. The van der Waals surface area contributed by atoms with E-state index in [0.717, 1.165) is 25.8 Å². The fourth-order valence-electron chi connectivity index (χ4n) is 2.35. The Bertz CT molecular complexity index is 350. The summed E-state index contributed by atoms with van der Waals surface area (Å²) in [6.45, 7) is 0.894. The van der Waals surface area contributed by atoms with E-state index in [2.05, 4.69) is 29.6 Å². The summed E-state index contributed by atoms with van der Waals surface area (Å²) < 4.78 is 0. The topological polar surface area (TPSA) is 55.1 Å². The molecule has 1 heterocycles. The zero-order chi connectivity index (χ0) is 11.4. The van der Waals surface area contributed by atoms with Crippen molar-refractivity contribution in [2.24, 2.45) is 11.7 Å². The van der Waals surface area contributed by atoms with Gasteiger partial charge in [0.15, 0.2) is 0 Å². The van der Waals surface area contributed by atoms with Gasteiger partial charge in [0, 0.05) is 0 Å². The average molecular weight is 218 g/mol. The molecule has 0 spiro atoms. The van der Waals surface area contributed by atoms with Crippen LogP contribution in [0.4, 0.5) is 0 Å². The molecule has 2 unspecified atom stereocenters. The molecule has 16 heavy (non-hydrogen) atoms. The van der Waals surface area contributed by atoms with Gasteiger partial charge >= 0.3 is 0 Å². The quantitative estimate of drug-likeness (QED) is 0.797. The predicted molar refractivity (Wildman–Crippen MR) is 63.9 cm³/mol. The Morgan fingerprint density at radius 2 is 2.12 bits per heavy atom. The summed E-state index contributed by atoms with van der Waals surface area (Å²) in [5, 5.41) is 3.16. The summed E-state index contributed by atoms with van der Waals surface area (Å²) in [7, 11) is 0. The lowest BCUT2D eigenvalue weighted by molar-refractivity contribution is -0.120. The molecule has 0 saturated carbocycles. The zero-order valence-electron chi connectivity index (χ0n) is 9.36. The van der Waals surface area contributed by atoms with E-state index >= 15 is 0 Å². The molecule has 0 bridgehead atoms. The molecule has 3 heteroatoms. The molecule has 0 radical (unpaired) electrons. The van der Waals surface area contributed by atoms with Crippen molar-refractivity contribution in [2.75, 3.05) is 6.54 Å². The van der Waals surface area contributed by atoms with Crippen molar-refractivity contribution in [1.82, 2.24) is 5.32 Å². The Morgan fingerprint density at radius 1 is 1.38 bits per heavy atom. The van der Waals surface area contributed by atoms with E-state index < -0.39 is 0 Å². The van der Waals surface area contributed by atoms with E-state index in [-0.39, 0.29) is 11.9 Å². The number of nitrogens with one attached hydrogen (secondary N) is 1. The maximum absolute atomic E-state index is 11.1. The molecule has 1 aliphatic heterocycles. The van der Waals surface area contributed by atoms with Gasteiger partial charge in [-0.3, -0.25) is 4.79 Å². The van der Waals surface area contributed by atoms with Gasteiger partial charge in [0.25, 0.3) is 0 Å². The fourth-order valence-corrected chi connectivity index (χ4v) is 2.35. The van der Waals surface area contributed by atoms with Gasteiger partial charge in [-0.2, -0.15) is 0 Å². The largest absolute Gasteiger partial charge is 0.368 e. The first-order chi connectivity index (χ1) is 7.75. The van der Waals surface area contributed by atoms with Gasteiger partial charge in [0.05, 0.1) is 6.04 Å². The standard InChI is InChI=1S/C13H18N2O/c14-13(16)12-9-11(6-7-15-12)8-10-4-2-1-3-5-10/h1-5,11-12,15H,6-9H2,(H2,14,16). The number of primary amides is 1. The number of hydrogen-bond acceptors (Lipinski definition) is 2. The van der Waals surface area contributed by atoms with Crippen LogP contribution in [0.25, 0.3) is 0 Å². The van der Waals surface area contributed by atoms with Crippen LogP contribution < -0.4 is 11.1 Å². The normalized spacial score (nSPS) is 25.2. The number of carbonyl (C=O) groups excluding carboxylic acids is 1. The number of benzene rings is 1. The second-order valence-corrected chi connectivity index (χ2v) is 4.49. The van der Waals surface area contributed by atoms with Crippen LogP contribution in [0.3, 0.4) is 0 Å². The highest BCUT2D eigenvalue weighted by atomic mass is 16.1. The van der Waals surface area contributed by atoms with Gasteiger partial charge in [0.2, 0.25) is 5.91 Å². The molecule has 86 valence electrons. The van der Waals surface area contributed by atoms with Crippen molar-refractivity contribution in [2.45, 2.75) is 25.3 Å². The minimum Gasteiger partial charge on any atom is -0.368 e. The maximum Gasteiger partial charge on any atom is 0.234 e. The Labute approximate surface area is 96.0 Å². The molecule has 1 aliphatic rings. The van der Waals surface area contributed by atoms with Gasteiger partial charge in [-0.1, -0.05) is 30.3 Å². The van der Waals surface area contributed by atoms with Crippen LogP contribution in [0.1, 0.15) is 18.4 Å². The van der Waals surface area contributed by atoms with E-state index in [9.17, 15) is 4.79 Å². The molecule has 2 atom stereocenters. The summed E-state index contributed by atoms with van der Waals surface area (Å²) in [6, 6.07) is 10.3. The first-order valence-corrected chi connectivity index (χ1v) is 5.82. The third kappa shape index (κ3) is 2.83. The molecule has 1 aromatic carbocycles. The van der Waals surface area contributed by atoms with E-state index in [4.69, 9.17) is 5.73 Å². The molecule has 1 saturated heterocycles. The maximum atomic E-state index is 11.1. The third-order valence-electron chi connectivity index (χ3n) is 3.22. The highest BCUT2D eigenvalue weighted by Gasteiger charge is 2.24. The first kappa shape index (κ1) is 11.1. The zero-order valence-corrected chi connectivity index (χ0v) is 9.36.